The Balaban J connectivity index is 1.73. The van der Waals surface area contributed by atoms with Gasteiger partial charge in [0.2, 0.25) is 0 Å². The van der Waals surface area contributed by atoms with Gasteiger partial charge in [-0.05, 0) is 38.0 Å². The average Bonchev–Trinajstić information content (AvgIpc) is 2.56. The van der Waals surface area contributed by atoms with E-state index in [2.05, 4.69) is 0 Å². The molecule has 0 amide bonds. The zero-order valence-electron chi connectivity index (χ0n) is 8.13. The molecule has 0 radical (unpaired) electrons. The molecule has 2 nitrogen and oxygen atoms in total. The van der Waals surface area contributed by atoms with Crippen LogP contribution in [0.5, 0.6) is 0 Å². The Morgan fingerprint density at radius 3 is 2.77 bits per heavy atom. The molecule has 1 aliphatic heterocycles. The molecular weight excluding hydrogens is 164 g/mol. The summed E-state index contributed by atoms with van der Waals surface area (Å²) < 4.78 is 5.32. The van der Waals surface area contributed by atoms with E-state index in [9.17, 15) is 4.79 Å². The maximum absolute atomic E-state index is 10.9. The SMILES string of the molecule is O=CC1(CCC2CCOC2)CCC1. The maximum Gasteiger partial charge on any atom is 0.126 e. The summed E-state index contributed by atoms with van der Waals surface area (Å²) >= 11 is 0. The number of carbonyl (C=O) groups is 1. The average molecular weight is 182 g/mol. The molecule has 1 aliphatic carbocycles. The van der Waals surface area contributed by atoms with E-state index < -0.39 is 0 Å². The maximum atomic E-state index is 10.9. The minimum absolute atomic E-state index is 0.0859. The Morgan fingerprint density at radius 2 is 2.31 bits per heavy atom. The second-order valence-electron chi connectivity index (χ2n) is 4.60. The Labute approximate surface area is 79.7 Å². The van der Waals surface area contributed by atoms with Crippen molar-refractivity contribution in [2.75, 3.05) is 13.2 Å². The number of ether oxygens (including phenoxy) is 1. The summed E-state index contributed by atoms with van der Waals surface area (Å²) in [6.07, 6.45) is 8.21. The van der Waals surface area contributed by atoms with Gasteiger partial charge < -0.3 is 9.53 Å². The van der Waals surface area contributed by atoms with Crippen molar-refractivity contribution in [3.8, 4) is 0 Å². The van der Waals surface area contributed by atoms with Crippen LogP contribution in [-0.2, 0) is 9.53 Å². The molecule has 1 heterocycles. The third kappa shape index (κ3) is 1.93. The zero-order valence-corrected chi connectivity index (χ0v) is 8.13. The molecule has 1 saturated carbocycles. The normalized spacial score (nSPS) is 31.2. The Morgan fingerprint density at radius 1 is 1.46 bits per heavy atom. The van der Waals surface area contributed by atoms with E-state index in [0.29, 0.717) is 0 Å². The van der Waals surface area contributed by atoms with Crippen LogP contribution in [0.15, 0.2) is 0 Å². The van der Waals surface area contributed by atoms with E-state index >= 15 is 0 Å². The summed E-state index contributed by atoms with van der Waals surface area (Å²) in [7, 11) is 0. The molecule has 2 aliphatic rings. The minimum atomic E-state index is 0.0859. The highest BCUT2D eigenvalue weighted by molar-refractivity contribution is 5.60. The van der Waals surface area contributed by atoms with Crippen LogP contribution < -0.4 is 0 Å². The van der Waals surface area contributed by atoms with Crippen molar-refractivity contribution in [3.63, 3.8) is 0 Å². The molecule has 74 valence electrons. The second kappa shape index (κ2) is 3.79. The van der Waals surface area contributed by atoms with Crippen molar-refractivity contribution in [2.45, 2.75) is 38.5 Å². The lowest BCUT2D eigenvalue weighted by molar-refractivity contribution is -0.121. The first-order valence-corrected chi connectivity index (χ1v) is 5.39. The molecule has 13 heavy (non-hydrogen) atoms. The van der Waals surface area contributed by atoms with Crippen molar-refractivity contribution in [1.82, 2.24) is 0 Å². The first kappa shape index (κ1) is 9.20. The van der Waals surface area contributed by atoms with Crippen molar-refractivity contribution in [1.29, 1.82) is 0 Å². The molecule has 0 aromatic carbocycles. The third-order valence-corrected chi connectivity index (χ3v) is 3.67. The standard InChI is InChI=1S/C11H18O2/c12-9-11(4-1-5-11)6-2-10-3-7-13-8-10/h9-10H,1-8H2. The van der Waals surface area contributed by atoms with Crippen LogP contribution in [-0.4, -0.2) is 19.5 Å². The van der Waals surface area contributed by atoms with Gasteiger partial charge >= 0.3 is 0 Å². The van der Waals surface area contributed by atoms with Crippen LogP contribution in [0.1, 0.15) is 38.5 Å². The lowest BCUT2D eigenvalue weighted by atomic mass is 9.66. The van der Waals surface area contributed by atoms with E-state index in [1.165, 1.54) is 25.5 Å². The van der Waals surface area contributed by atoms with E-state index in [1.54, 1.807) is 0 Å². The van der Waals surface area contributed by atoms with Crippen LogP contribution in [0.2, 0.25) is 0 Å². The fourth-order valence-corrected chi connectivity index (χ4v) is 2.36. The molecule has 1 saturated heterocycles. The highest BCUT2D eigenvalue weighted by Gasteiger charge is 2.36. The van der Waals surface area contributed by atoms with Gasteiger partial charge in [0.25, 0.3) is 0 Å². The third-order valence-electron chi connectivity index (χ3n) is 3.67. The van der Waals surface area contributed by atoms with Gasteiger partial charge in [0.05, 0.1) is 0 Å². The van der Waals surface area contributed by atoms with Crippen LogP contribution >= 0.6 is 0 Å². The van der Waals surface area contributed by atoms with Crippen LogP contribution in [0.3, 0.4) is 0 Å². The minimum Gasteiger partial charge on any atom is -0.381 e. The van der Waals surface area contributed by atoms with Gasteiger partial charge in [-0.25, -0.2) is 0 Å². The molecule has 1 unspecified atom stereocenters. The van der Waals surface area contributed by atoms with Crippen molar-refractivity contribution < 1.29 is 9.53 Å². The fraction of sp³-hybridized carbons (Fsp3) is 0.909. The number of rotatable bonds is 4. The Bertz CT molecular complexity index is 179. The van der Waals surface area contributed by atoms with Gasteiger partial charge in [-0.1, -0.05) is 6.42 Å². The molecule has 2 heteroatoms. The number of hydrogen-bond acceptors (Lipinski definition) is 2. The van der Waals surface area contributed by atoms with Gasteiger partial charge in [0, 0.05) is 18.6 Å². The van der Waals surface area contributed by atoms with Crippen LogP contribution in [0.4, 0.5) is 0 Å². The van der Waals surface area contributed by atoms with Gasteiger partial charge in [0.15, 0.2) is 0 Å². The molecule has 0 aromatic rings. The topological polar surface area (TPSA) is 26.3 Å². The highest BCUT2D eigenvalue weighted by atomic mass is 16.5. The van der Waals surface area contributed by atoms with Gasteiger partial charge in [-0.2, -0.15) is 0 Å². The molecule has 0 N–H and O–H groups in total. The Hall–Kier alpha value is -0.370. The van der Waals surface area contributed by atoms with Crippen LogP contribution in [0.25, 0.3) is 0 Å². The molecule has 0 bridgehead atoms. The van der Waals surface area contributed by atoms with E-state index in [1.807, 2.05) is 0 Å². The molecule has 2 fully saturated rings. The first-order valence-electron chi connectivity index (χ1n) is 5.39. The predicted octanol–water partition coefficient (Wildman–Crippen LogP) is 2.17. The number of hydrogen-bond donors (Lipinski definition) is 0. The predicted molar refractivity (Wildman–Crippen MR) is 50.5 cm³/mol. The van der Waals surface area contributed by atoms with Gasteiger partial charge in [-0.15, -0.1) is 0 Å². The van der Waals surface area contributed by atoms with Gasteiger partial charge in [-0.3, -0.25) is 0 Å². The summed E-state index contributed by atoms with van der Waals surface area (Å²) in [6.45, 7) is 1.85. The summed E-state index contributed by atoms with van der Waals surface area (Å²) in [4.78, 5) is 10.9. The van der Waals surface area contributed by atoms with Crippen LogP contribution in [0, 0.1) is 11.3 Å². The molecule has 1 atom stereocenters. The lowest BCUT2D eigenvalue weighted by Gasteiger charge is -2.37. The highest BCUT2D eigenvalue weighted by Crippen LogP contribution is 2.43. The lowest BCUT2D eigenvalue weighted by Crippen LogP contribution is -2.31. The van der Waals surface area contributed by atoms with E-state index in [0.717, 1.165) is 38.4 Å². The van der Waals surface area contributed by atoms with Gasteiger partial charge in [0.1, 0.15) is 6.29 Å². The number of aldehydes is 1. The summed E-state index contributed by atoms with van der Waals surface area (Å²) in [5, 5.41) is 0. The summed E-state index contributed by atoms with van der Waals surface area (Å²) in [5.41, 5.74) is 0.0859. The zero-order chi connectivity index (χ0) is 9.15. The second-order valence-corrected chi connectivity index (χ2v) is 4.60. The summed E-state index contributed by atoms with van der Waals surface area (Å²) in [5.74, 6) is 0.734. The first-order chi connectivity index (χ1) is 6.35. The van der Waals surface area contributed by atoms with Crippen molar-refractivity contribution >= 4 is 6.29 Å². The quantitative estimate of drug-likeness (QED) is 0.623. The fourth-order valence-electron chi connectivity index (χ4n) is 2.36. The molecule has 0 spiro atoms. The van der Waals surface area contributed by atoms with Crippen molar-refractivity contribution in [3.05, 3.63) is 0 Å². The molecule has 2 rings (SSSR count). The molecule has 0 aromatic heterocycles. The number of carbonyl (C=O) groups excluding carboxylic acids is 1. The van der Waals surface area contributed by atoms with E-state index in [-0.39, 0.29) is 5.41 Å². The Kier molecular flexibility index (Phi) is 2.68. The van der Waals surface area contributed by atoms with Crippen molar-refractivity contribution in [2.24, 2.45) is 11.3 Å². The summed E-state index contributed by atoms with van der Waals surface area (Å²) in [6, 6.07) is 0. The van der Waals surface area contributed by atoms with E-state index in [4.69, 9.17) is 4.74 Å². The largest absolute Gasteiger partial charge is 0.381 e. The molecular formula is C11H18O2. The monoisotopic (exact) mass is 182 g/mol. The smallest absolute Gasteiger partial charge is 0.126 e.